The molecule has 4 heterocycles. The van der Waals surface area contributed by atoms with Gasteiger partial charge in [0.25, 0.3) is 0 Å². The van der Waals surface area contributed by atoms with Crippen molar-refractivity contribution in [3.05, 3.63) is 41.5 Å². The van der Waals surface area contributed by atoms with Crippen LogP contribution in [0.3, 0.4) is 0 Å². The van der Waals surface area contributed by atoms with Crippen LogP contribution >= 0.6 is 0 Å². The summed E-state index contributed by atoms with van der Waals surface area (Å²) in [6.07, 6.45) is 8.71. The Morgan fingerprint density at radius 2 is 2.03 bits per heavy atom. The average Bonchev–Trinajstić information content (AvgIpc) is 3.50. The third kappa shape index (κ3) is 4.33. The van der Waals surface area contributed by atoms with E-state index in [9.17, 15) is 0 Å². The van der Waals surface area contributed by atoms with Crippen LogP contribution in [0.4, 0.5) is 0 Å². The second kappa shape index (κ2) is 9.90. The third-order valence-corrected chi connectivity index (χ3v) is 7.75. The van der Waals surface area contributed by atoms with Crippen molar-refractivity contribution in [2.24, 2.45) is 0 Å². The molecular weight excluding hydrogens is 450 g/mol. The van der Waals surface area contributed by atoms with Gasteiger partial charge in [0.05, 0.1) is 29.9 Å². The fourth-order valence-electron chi connectivity index (χ4n) is 5.83. The molecule has 4 aromatic heterocycles. The van der Waals surface area contributed by atoms with Crippen LogP contribution in [0.25, 0.3) is 27.9 Å². The SMILES string of the molecule is COc1cc(-c2[nH]c3cc(C)c(C4CCC(N(C)CCC#N)CC4)nc3c2C(C)C)cn2ncnc12. The van der Waals surface area contributed by atoms with E-state index in [1.807, 2.05) is 12.3 Å². The zero-order chi connectivity index (χ0) is 25.4. The van der Waals surface area contributed by atoms with Crippen molar-refractivity contribution < 1.29 is 4.74 Å². The molecule has 0 aliphatic heterocycles. The molecular formula is C28H35N7O. The molecule has 188 valence electrons. The van der Waals surface area contributed by atoms with Crippen LogP contribution in [-0.4, -0.2) is 56.2 Å². The molecule has 0 saturated heterocycles. The van der Waals surface area contributed by atoms with Crippen molar-refractivity contribution in [1.82, 2.24) is 29.5 Å². The number of pyridine rings is 2. The van der Waals surface area contributed by atoms with Crippen molar-refractivity contribution in [3.8, 4) is 23.1 Å². The van der Waals surface area contributed by atoms with Gasteiger partial charge in [0.1, 0.15) is 6.33 Å². The lowest BCUT2D eigenvalue weighted by molar-refractivity contribution is 0.185. The first kappa shape index (κ1) is 24.3. The van der Waals surface area contributed by atoms with Crippen LogP contribution in [-0.2, 0) is 0 Å². The number of ether oxygens (including phenoxy) is 1. The minimum atomic E-state index is 0.291. The summed E-state index contributed by atoms with van der Waals surface area (Å²) in [5, 5.41) is 13.3. The first-order valence-corrected chi connectivity index (χ1v) is 12.9. The third-order valence-electron chi connectivity index (χ3n) is 7.75. The minimum absolute atomic E-state index is 0.291. The summed E-state index contributed by atoms with van der Waals surface area (Å²) in [7, 11) is 3.81. The number of nitrogens with zero attached hydrogens (tertiary/aromatic N) is 6. The Balaban J connectivity index is 1.51. The van der Waals surface area contributed by atoms with Gasteiger partial charge in [-0.2, -0.15) is 10.4 Å². The van der Waals surface area contributed by atoms with E-state index < -0.39 is 0 Å². The molecule has 1 fully saturated rings. The summed E-state index contributed by atoms with van der Waals surface area (Å²) >= 11 is 0. The van der Waals surface area contributed by atoms with Gasteiger partial charge in [0, 0.05) is 47.9 Å². The fraction of sp³-hybridized carbons (Fsp3) is 0.500. The molecule has 1 N–H and O–H groups in total. The molecule has 0 radical (unpaired) electrons. The fourth-order valence-corrected chi connectivity index (χ4v) is 5.83. The summed E-state index contributed by atoms with van der Waals surface area (Å²) in [5.74, 6) is 1.46. The van der Waals surface area contributed by atoms with Crippen molar-refractivity contribution in [2.45, 2.75) is 70.8 Å². The number of rotatable bonds is 7. The first-order valence-electron chi connectivity index (χ1n) is 12.9. The first-order chi connectivity index (χ1) is 17.4. The number of aromatic amines is 1. The summed E-state index contributed by atoms with van der Waals surface area (Å²) in [5.41, 5.74) is 8.60. The number of hydrogen-bond acceptors (Lipinski definition) is 6. The lowest BCUT2D eigenvalue weighted by Gasteiger charge is -2.34. The van der Waals surface area contributed by atoms with Gasteiger partial charge in [0.2, 0.25) is 0 Å². The maximum absolute atomic E-state index is 8.92. The van der Waals surface area contributed by atoms with E-state index in [1.54, 1.807) is 18.0 Å². The standard InChI is InChI=1S/C28H35N7O/c1-17(2)24-26(20-14-23(36-5)28-30-16-31-35(28)15-20)32-22-13-18(3)25(33-27(22)24)19-7-9-21(10-8-19)34(4)12-6-11-29/h13-17,19,21,32H,6-10,12H2,1-5H3. The predicted octanol–water partition coefficient (Wildman–Crippen LogP) is 5.58. The lowest BCUT2D eigenvalue weighted by atomic mass is 9.82. The van der Waals surface area contributed by atoms with Crippen LogP contribution in [0.5, 0.6) is 5.75 Å². The molecule has 0 atom stereocenters. The summed E-state index contributed by atoms with van der Waals surface area (Å²) in [6.45, 7) is 7.48. The van der Waals surface area contributed by atoms with E-state index in [0.29, 0.717) is 35.7 Å². The lowest BCUT2D eigenvalue weighted by Crippen LogP contribution is -2.35. The van der Waals surface area contributed by atoms with E-state index >= 15 is 0 Å². The number of nitrogens with one attached hydrogen (secondary N) is 1. The molecule has 1 saturated carbocycles. The molecule has 0 bridgehead atoms. The van der Waals surface area contributed by atoms with E-state index in [2.05, 4.69) is 59.9 Å². The quantitative estimate of drug-likeness (QED) is 0.367. The van der Waals surface area contributed by atoms with Crippen LogP contribution in [0.1, 0.15) is 74.6 Å². The summed E-state index contributed by atoms with van der Waals surface area (Å²) in [4.78, 5) is 15.7. The average molecular weight is 486 g/mol. The Labute approximate surface area is 212 Å². The molecule has 0 spiro atoms. The second-order valence-corrected chi connectivity index (χ2v) is 10.4. The molecule has 36 heavy (non-hydrogen) atoms. The highest BCUT2D eigenvalue weighted by Crippen LogP contribution is 2.40. The Bertz CT molecular complexity index is 1420. The van der Waals surface area contributed by atoms with Gasteiger partial charge in [0.15, 0.2) is 11.4 Å². The van der Waals surface area contributed by atoms with Crippen molar-refractivity contribution >= 4 is 16.7 Å². The van der Waals surface area contributed by atoms with Gasteiger partial charge in [-0.1, -0.05) is 13.8 Å². The highest BCUT2D eigenvalue weighted by atomic mass is 16.5. The number of fused-ring (bicyclic) bond motifs is 2. The number of H-pyrrole nitrogens is 1. The Morgan fingerprint density at radius 3 is 2.72 bits per heavy atom. The Hall–Kier alpha value is -3.44. The molecule has 5 rings (SSSR count). The topological polar surface area (TPSA) is 95.1 Å². The van der Waals surface area contributed by atoms with E-state index in [0.717, 1.165) is 54.5 Å². The van der Waals surface area contributed by atoms with Crippen LogP contribution in [0, 0.1) is 18.3 Å². The highest BCUT2D eigenvalue weighted by Gasteiger charge is 2.28. The largest absolute Gasteiger partial charge is 0.493 e. The van der Waals surface area contributed by atoms with Gasteiger partial charge in [-0.25, -0.2) is 9.50 Å². The second-order valence-electron chi connectivity index (χ2n) is 10.4. The van der Waals surface area contributed by atoms with Crippen LogP contribution < -0.4 is 4.74 Å². The number of hydrogen-bond donors (Lipinski definition) is 1. The smallest absolute Gasteiger partial charge is 0.197 e. The molecule has 0 unspecified atom stereocenters. The van der Waals surface area contributed by atoms with E-state index in [4.69, 9.17) is 15.0 Å². The maximum Gasteiger partial charge on any atom is 0.197 e. The van der Waals surface area contributed by atoms with Crippen LogP contribution in [0.2, 0.25) is 0 Å². The van der Waals surface area contributed by atoms with Crippen molar-refractivity contribution in [1.29, 1.82) is 5.26 Å². The van der Waals surface area contributed by atoms with Gasteiger partial charge in [-0.05, 0) is 63.3 Å². The van der Waals surface area contributed by atoms with Gasteiger partial charge < -0.3 is 14.6 Å². The Kier molecular flexibility index (Phi) is 6.67. The normalized spacial score (nSPS) is 18.4. The molecule has 0 aromatic carbocycles. The number of aromatic nitrogens is 5. The molecule has 0 amide bonds. The van der Waals surface area contributed by atoms with Crippen molar-refractivity contribution in [2.75, 3.05) is 20.7 Å². The molecule has 8 heteroatoms. The number of methoxy groups -OCH3 is 1. The van der Waals surface area contributed by atoms with Gasteiger partial charge in [-0.15, -0.1) is 0 Å². The molecule has 8 nitrogen and oxygen atoms in total. The predicted molar refractivity (Wildman–Crippen MR) is 141 cm³/mol. The number of aryl methyl sites for hydroxylation is 1. The summed E-state index contributed by atoms with van der Waals surface area (Å²) < 4.78 is 7.38. The van der Waals surface area contributed by atoms with Crippen LogP contribution in [0.15, 0.2) is 24.7 Å². The van der Waals surface area contributed by atoms with Crippen molar-refractivity contribution in [3.63, 3.8) is 0 Å². The molecule has 4 aromatic rings. The van der Waals surface area contributed by atoms with E-state index in [1.165, 1.54) is 16.8 Å². The minimum Gasteiger partial charge on any atom is -0.493 e. The summed E-state index contributed by atoms with van der Waals surface area (Å²) in [6, 6.07) is 7.12. The maximum atomic E-state index is 8.92. The van der Waals surface area contributed by atoms with E-state index in [-0.39, 0.29) is 0 Å². The molecule has 1 aliphatic carbocycles. The Morgan fingerprint density at radius 1 is 1.25 bits per heavy atom. The molecule has 1 aliphatic rings. The number of nitriles is 1. The zero-order valence-electron chi connectivity index (χ0n) is 21.9. The zero-order valence-corrected chi connectivity index (χ0v) is 21.9. The van der Waals surface area contributed by atoms with Gasteiger partial charge >= 0.3 is 0 Å². The monoisotopic (exact) mass is 485 g/mol. The highest BCUT2D eigenvalue weighted by molar-refractivity contribution is 5.89. The van der Waals surface area contributed by atoms with Gasteiger partial charge in [-0.3, -0.25) is 4.98 Å².